The molecule has 1 amide bonds. The summed E-state index contributed by atoms with van der Waals surface area (Å²) in [5.41, 5.74) is 1.32. The number of thioether (sulfide) groups is 1. The number of benzene rings is 2. The van der Waals surface area contributed by atoms with E-state index in [2.05, 4.69) is 20.8 Å². The van der Waals surface area contributed by atoms with Crippen molar-refractivity contribution in [3.05, 3.63) is 54.6 Å². The molecule has 2 aromatic carbocycles. The number of hydrogen-bond donors (Lipinski definition) is 1. The number of ether oxygens (including phenoxy) is 1. The van der Waals surface area contributed by atoms with Crippen LogP contribution in [-0.4, -0.2) is 44.8 Å². The lowest BCUT2D eigenvalue weighted by Gasteiger charge is -2.08. The molecule has 0 aliphatic heterocycles. The minimum Gasteiger partial charge on any atom is -0.494 e. The SMILES string of the molecule is COc1ccccc1-n1nnnc1SCC(=O)CC(=O)Nc1ccccc1. The molecule has 27 heavy (non-hydrogen) atoms. The lowest BCUT2D eigenvalue weighted by molar-refractivity contribution is -0.123. The number of carbonyl (C=O) groups excluding carboxylic acids is 2. The molecule has 8 nitrogen and oxygen atoms in total. The fraction of sp³-hybridized carbons (Fsp3) is 0.167. The predicted molar refractivity (Wildman–Crippen MR) is 101 cm³/mol. The number of methoxy groups -OCH3 is 1. The molecule has 0 radical (unpaired) electrons. The van der Waals surface area contributed by atoms with Gasteiger partial charge in [-0.2, -0.15) is 4.68 Å². The van der Waals surface area contributed by atoms with Crippen molar-refractivity contribution in [2.75, 3.05) is 18.2 Å². The van der Waals surface area contributed by atoms with E-state index in [0.717, 1.165) is 0 Å². The van der Waals surface area contributed by atoms with Crippen molar-refractivity contribution in [2.45, 2.75) is 11.6 Å². The van der Waals surface area contributed by atoms with Crippen LogP contribution in [0.4, 0.5) is 5.69 Å². The van der Waals surface area contributed by atoms with Crippen LogP contribution in [0.25, 0.3) is 5.69 Å². The van der Waals surface area contributed by atoms with Crippen molar-refractivity contribution in [3.8, 4) is 11.4 Å². The molecule has 1 N–H and O–H groups in total. The largest absolute Gasteiger partial charge is 0.494 e. The molecule has 0 atom stereocenters. The topological polar surface area (TPSA) is 99.0 Å². The van der Waals surface area contributed by atoms with Crippen LogP contribution in [-0.2, 0) is 9.59 Å². The average molecular weight is 383 g/mol. The number of anilines is 1. The van der Waals surface area contributed by atoms with Gasteiger partial charge in [0.1, 0.15) is 11.4 Å². The fourth-order valence-corrected chi connectivity index (χ4v) is 3.07. The van der Waals surface area contributed by atoms with Crippen LogP contribution in [0, 0.1) is 0 Å². The Hall–Kier alpha value is -3.20. The van der Waals surface area contributed by atoms with Gasteiger partial charge >= 0.3 is 0 Å². The molecule has 0 aliphatic carbocycles. The zero-order valence-electron chi connectivity index (χ0n) is 14.5. The van der Waals surface area contributed by atoms with Crippen molar-refractivity contribution in [1.29, 1.82) is 0 Å². The molecule has 1 aromatic heterocycles. The predicted octanol–water partition coefficient (Wildman–Crippen LogP) is 2.36. The maximum absolute atomic E-state index is 12.1. The lowest BCUT2D eigenvalue weighted by Crippen LogP contribution is -2.17. The molecule has 3 aromatic rings. The van der Waals surface area contributed by atoms with Gasteiger partial charge in [-0.1, -0.05) is 42.1 Å². The van der Waals surface area contributed by atoms with Gasteiger partial charge < -0.3 is 10.1 Å². The van der Waals surface area contributed by atoms with Crippen LogP contribution in [0.5, 0.6) is 5.75 Å². The Bertz CT molecular complexity index is 930. The Morgan fingerprint density at radius 1 is 1.11 bits per heavy atom. The second-order valence-electron chi connectivity index (χ2n) is 5.46. The first-order valence-corrected chi connectivity index (χ1v) is 9.07. The van der Waals surface area contributed by atoms with Crippen LogP contribution < -0.4 is 10.1 Å². The highest BCUT2D eigenvalue weighted by Crippen LogP contribution is 2.25. The van der Waals surface area contributed by atoms with Gasteiger partial charge in [-0.15, -0.1) is 5.10 Å². The summed E-state index contributed by atoms with van der Waals surface area (Å²) < 4.78 is 6.81. The maximum atomic E-state index is 12.1. The van der Waals surface area contributed by atoms with E-state index in [1.54, 1.807) is 25.3 Å². The summed E-state index contributed by atoms with van der Waals surface area (Å²) in [6, 6.07) is 16.3. The lowest BCUT2D eigenvalue weighted by atomic mass is 10.2. The number of amides is 1. The van der Waals surface area contributed by atoms with E-state index in [4.69, 9.17) is 4.74 Å². The maximum Gasteiger partial charge on any atom is 0.231 e. The minimum atomic E-state index is -0.351. The van der Waals surface area contributed by atoms with Gasteiger partial charge in [0.25, 0.3) is 0 Å². The molecule has 3 rings (SSSR count). The fourth-order valence-electron chi connectivity index (χ4n) is 2.33. The Morgan fingerprint density at radius 3 is 2.63 bits per heavy atom. The number of hydrogen-bond acceptors (Lipinski definition) is 7. The van der Waals surface area contributed by atoms with E-state index in [0.29, 0.717) is 22.3 Å². The average Bonchev–Trinajstić information content (AvgIpc) is 3.15. The third-order valence-electron chi connectivity index (χ3n) is 3.53. The van der Waals surface area contributed by atoms with Gasteiger partial charge in [0.05, 0.1) is 19.3 Å². The van der Waals surface area contributed by atoms with E-state index < -0.39 is 0 Å². The first kappa shape index (κ1) is 18.6. The molecule has 0 spiro atoms. The second kappa shape index (κ2) is 8.95. The van der Waals surface area contributed by atoms with Crippen LogP contribution in [0.15, 0.2) is 59.8 Å². The third-order valence-corrected chi connectivity index (χ3v) is 4.51. The summed E-state index contributed by atoms with van der Waals surface area (Å²) in [7, 11) is 1.56. The number of ketones is 1. The number of nitrogens with one attached hydrogen (secondary N) is 1. The number of nitrogens with zero attached hydrogens (tertiary/aromatic N) is 4. The van der Waals surface area contributed by atoms with Crippen molar-refractivity contribution in [2.24, 2.45) is 0 Å². The zero-order valence-corrected chi connectivity index (χ0v) is 15.3. The Kier molecular flexibility index (Phi) is 6.16. The molecule has 138 valence electrons. The van der Waals surface area contributed by atoms with Crippen LogP contribution in [0.1, 0.15) is 6.42 Å². The first-order chi connectivity index (χ1) is 13.2. The standard InChI is InChI=1S/C18H17N5O3S/c1-26-16-10-6-5-9-15(16)23-18(20-21-22-23)27-12-14(24)11-17(25)19-13-7-3-2-4-8-13/h2-10H,11-12H2,1H3,(H,19,25). The molecule has 0 bridgehead atoms. The highest BCUT2D eigenvalue weighted by Gasteiger charge is 2.16. The number of aromatic nitrogens is 4. The molecule has 0 saturated heterocycles. The minimum absolute atomic E-state index is 0.0811. The summed E-state index contributed by atoms with van der Waals surface area (Å²) >= 11 is 1.17. The number of Topliss-reactive ketones (excluding diaryl/α,β-unsaturated/α-hetero) is 1. The van der Waals surface area contributed by atoms with E-state index in [-0.39, 0.29) is 23.9 Å². The van der Waals surface area contributed by atoms with Crippen LogP contribution >= 0.6 is 11.8 Å². The number of tetrazole rings is 1. The number of para-hydroxylation sites is 3. The van der Waals surface area contributed by atoms with Gasteiger partial charge in [-0.3, -0.25) is 9.59 Å². The van der Waals surface area contributed by atoms with Crippen molar-refractivity contribution in [3.63, 3.8) is 0 Å². The Morgan fingerprint density at radius 2 is 1.85 bits per heavy atom. The molecule has 0 unspecified atom stereocenters. The molecular weight excluding hydrogens is 366 g/mol. The van der Waals surface area contributed by atoms with E-state index in [1.807, 2.05) is 36.4 Å². The highest BCUT2D eigenvalue weighted by atomic mass is 32.2. The van der Waals surface area contributed by atoms with Crippen molar-refractivity contribution < 1.29 is 14.3 Å². The number of carbonyl (C=O) groups is 2. The van der Waals surface area contributed by atoms with E-state index in [1.165, 1.54) is 16.4 Å². The van der Waals surface area contributed by atoms with Gasteiger partial charge in [0.2, 0.25) is 11.1 Å². The molecular formula is C18H17N5O3S. The summed E-state index contributed by atoms with van der Waals surface area (Å²) in [5.74, 6) is 0.122. The van der Waals surface area contributed by atoms with Crippen molar-refractivity contribution >= 4 is 29.1 Å². The molecule has 9 heteroatoms. The summed E-state index contributed by atoms with van der Waals surface area (Å²) in [4.78, 5) is 24.1. The monoisotopic (exact) mass is 383 g/mol. The highest BCUT2D eigenvalue weighted by molar-refractivity contribution is 7.99. The van der Waals surface area contributed by atoms with Crippen LogP contribution in [0.2, 0.25) is 0 Å². The second-order valence-corrected chi connectivity index (χ2v) is 6.41. The normalized spacial score (nSPS) is 10.4. The van der Waals surface area contributed by atoms with Gasteiger partial charge in [-0.25, -0.2) is 0 Å². The Labute approximate surface area is 159 Å². The van der Waals surface area contributed by atoms with Gasteiger partial charge in [0.15, 0.2) is 5.78 Å². The quantitative estimate of drug-likeness (QED) is 0.471. The van der Waals surface area contributed by atoms with Gasteiger partial charge in [0, 0.05) is 5.69 Å². The van der Waals surface area contributed by atoms with E-state index in [9.17, 15) is 9.59 Å². The molecule has 0 aliphatic rings. The molecule has 1 heterocycles. The Balaban J connectivity index is 1.58. The van der Waals surface area contributed by atoms with Gasteiger partial charge in [-0.05, 0) is 34.7 Å². The smallest absolute Gasteiger partial charge is 0.231 e. The molecule has 0 saturated carbocycles. The van der Waals surface area contributed by atoms with Crippen LogP contribution in [0.3, 0.4) is 0 Å². The summed E-state index contributed by atoms with van der Waals surface area (Å²) in [6.07, 6.45) is -0.210. The number of rotatable bonds is 8. The third kappa shape index (κ3) is 4.91. The molecule has 0 fully saturated rings. The zero-order chi connectivity index (χ0) is 19.1. The summed E-state index contributed by atoms with van der Waals surface area (Å²) in [5, 5.41) is 14.7. The summed E-state index contributed by atoms with van der Waals surface area (Å²) in [6.45, 7) is 0. The van der Waals surface area contributed by atoms with Crippen molar-refractivity contribution in [1.82, 2.24) is 20.2 Å². The first-order valence-electron chi connectivity index (χ1n) is 8.08. The van der Waals surface area contributed by atoms with E-state index >= 15 is 0 Å².